The van der Waals surface area contributed by atoms with Gasteiger partial charge in [-0.3, -0.25) is 9.89 Å². The molecule has 0 bridgehead atoms. The third-order valence-electron chi connectivity index (χ3n) is 6.02. The van der Waals surface area contributed by atoms with Crippen molar-refractivity contribution in [1.29, 1.82) is 0 Å². The average molecular weight is 418 g/mol. The molecule has 1 heterocycles. The number of rotatable bonds is 11. The summed E-state index contributed by atoms with van der Waals surface area (Å²) in [4.78, 5) is 9.47. The zero-order chi connectivity index (χ0) is 21.8. The molecule has 0 radical (unpaired) electrons. The second kappa shape index (κ2) is 13.6. The normalized spacial score (nSPS) is 17.7. The van der Waals surface area contributed by atoms with Crippen molar-refractivity contribution < 1.29 is 4.74 Å². The fourth-order valence-corrected chi connectivity index (χ4v) is 3.99. The lowest BCUT2D eigenvalue weighted by molar-refractivity contribution is 0.0170. The number of ether oxygens (including phenoxy) is 1. The molecule has 1 aromatic carbocycles. The first kappa shape index (κ1) is 24.6. The zero-order valence-electron chi connectivity index (χ0n) is 19.8. The highest BCUT2D eigenvalue weighted by Crippen LogP contribution is 2.21. The molecule has 1 aliphatic heterocycles. The molecule has 1 fully saturated rings. The Balaban J connectivity index is 1.89. The van der Waals surface area contributed by atoms with E-state index in [-0.39, 0.29) is 0 Å². The van der Waals surface area contributed by atoms with Crippen molar-refractivity contribution in [2.24, 2.45) is 4.99 Å². The zero-order valence-corrected chi connectivity index (χ0v) is 19.8. The first-order valence-electron chi connectivity index (χ1n) is 11.6. The molecule has 6 heteroatoms. The summed E-state index contributed by atoms with van der Waals surface area (Å²) in [5.74, 6) is 0.885. The fraction of sp³-hybridized carbons (Fsp3) is 0.708. The topological polar surface area (TPSA) is 52.1 Å². The first-order valence-corrected chi connectivity index (χ1v) is 11.6. The van der Waals surface area contributed by atoms with E-state index in [1.165, 1.54) is 17.5 Å². The van der Waals surface area contributed by atoms with Crippen molar-refractivity contribution in [3.63, 3.8) is 0 Å². The third kappa shape index (κ3) is 8.25. The SMILES string of the molecule is CCN(CC)CCCC(C)NC(=NC)NCC(c1ccc(C)cc1)N1CCOCC1. The van der Waals surface area contributed by atoms with E-state index in [9.17, 15) is 0 Å². The molecule has 1 aliphatic rings. The lowest BCUT2D eigenvalue weighted by Crippen LogP contribution is -2.48. The Hall–Kier alpha value is -1.63. The summed E-state index contributed by atoms with van der Waals surface area (Å²) in [5, 5.41) is 7.15. The molecule has 2 N–H and O–H groups in total. The number of nitrogens with one attached hydrogen (secondary N) is 2. The Morgan fingerprint density at radius 2 is 1.83 bits per heavy atom. The Morgan fingerprint density at radius 1 is 1.17 bits per heavy atom. The van der Waals surface area contributed by atoms with Gasteiger partial charge in [0.2, 0.25) is 0 Å². The summed E-state index contributed by atoms with van der Waals surface area (Å²) in [5.41, 5.74) is 2.64. The lowest BCUT2D eigenvalue weighted by atomic mass is 10.0. The van der Waals surface area contributed by atoms with Crippen LogP contribution >= 0.6 is 0 Å². The largest absolute Gasteiger partial charge is 0.379 e. The van der Waals surface area contributed by atoms with E-state index >= 15 is 0 Å². The number of aliphatic imine (C=N–C) groups is 1. The number of nitrogens with zero attached hydrogens (tertiary/aromatic N) is 3. The van der Waals surface area contributed by atoms with Crippen LogP contribution < -0.4 is 10.6 Å². The van der Waals surface area contributed by atoms with Gasteiger partial charge in [0.15, 0.2) is 5.96 Å². The van der Waals surface area contributed by atoms with E-state index < -0.39 is 0 Å². The number of morpholine rings is 1. The van der Waals surface area contributed by atoms with Gasteiger partial charge in [-0.1, -0.05) is 43.7 Å². The number of benzene rings is 1. The summed E-state index contributed by atoms with van der Waals surface area (Å²) in [6, 6.07) is 9.62. The summed E-state index contributed by atoms with van der Waals surface area (Å²) in [7, 11) is 1.85. The molecule has 2 unspecified atom stereocenters. The quantitative estimate of drug-likeness (QED) is 0.428. The standard InChI is InChI=1S/C24H43N5O/c1-6-28(7-2)14-8-9-21(4)27-24(25-5)26-19-23(29-15-17-30-18-16-29)22-12-10-20(3)11-13-22/h10-13,21,23H,6-9,14-19H2,1-5H3,(H2,25,26,27). The summed E-state index contributed by atoms with van der Waals surface area (Å²) in [6.45, 7) is 16.6. The molecule has 6 nitrogen and oxygen atoms in total. The average Bonchev–Trinajstić information content (AvgIpc) is 2.78. The number of aryl methyl sites for hydroxylation is 1. The molecule has 2 atom stereocenters. The van der Waals surface area contributed by atoms with Crippen LogP contribution in [0.1, 0.15) is 50.8 Å². The first-order chi connectivity index (χ1) is 14.6. The molecule has 0 saturated carbocycles. The molecule has 0 spiro atoms. The van der Waals surface area contributed by atoms with E-state index in [0.717, 1.165) is 64.9 Å². The highest BCUT2D eigenvalue weighted by molar-refractivity contribution is 5.79. The molecule has 0 aromatic heterocycles. The van der Waals surface area contributed by atoms with E-state index in [4.69, 9.17) is 4.74 Å². The molecular weight excluding hydrogens is 374 g/mol. The van der Waals surface area contributed by atoms with Crippen molar-refractivity contribution in [3.8, 4) is 0 Å². The minimum Gasteiger partial charge on any atom is -0.379 e. The Morgan fingerprint density at radius 3 is 2.43 bits per heavy atom. The van der Waals surface area contributed by atoms with Crippen molar-refractivity contribution in [2.45, 2.75) is 52.6 Å². The number of hydrogen-bond donors (Lipinski definition) is 2. The maximum atomic E-state index is 5.57. The maximum Gasteiger partial charge on any atom is 0.191 e. The molecule has 1 aromatic rings. The highest BCUT2D eigenvalue weighted by atomic mass is 16.5. The van der Waals surface area contributed by atoms with Crippen LogP contribution in [0.25, 0.3) is 0 Å². The van der Waals surface area contributed by atoms with Gasteiger partial charge in [0.05, 0.1) is 19.3 Å². The summed E-state index contributed by atoms with van der Waals surface area (Å²) in [6.07, 6.45) is 2.34. The van der Waals surface area contributed by atoms with Gasteiger partial charge in [-0.15, -0.1) is 0 Å². The van der Waals surface area contributed by atoms with Crippen molar-refractivity contribution in [2.75, 3.05) is 59.5 Å². The van der Waals surface area contributed by atoms with Gasteiger partial charge in [-0.25, -0.2) is 0 Å². The molecule has 0 amide bonds. The molecule has 1 saturated heterocycles. The van der Waals surface area contributed by atoms with Crippen LogP contribution in [0.4, 0.5) is 0 Å². The number of guanidine groups is 1. The van der Waals surface area contributed by atoms with E-state index in [2.05, 4.69) is 77.4 Å². The van der Waals surface area contributed by atoms with Crippen LogP contribution in [-0.4, -0.2) is 81.3 Å². The van der Waals surface area contributed by atoms with Crippen LogP contribution in [0, 0.1) is 6.92 Å². The van der Waals surface area contributed by atoms with Gasteiger partial charge in [0.1, 0.15) is 0 Å². The summed E-state index contributed by atoms with van der Waals surface area (Å²) >= 11 is 0. The monoisotopic (exact) mass is 417 g/mol. The molecule has 30 heavy (non-hydrogen) atoms. The predicted molar refractivity (Wildman–Crippen MR) is 127 cm³/mol. The minimum absolute atomic E-state index is 0.311. The maximum absolute atomic E-state index is 5.57. The van der Waals surface area contributed by atoms with Crippen LogP contribution in [0.5, 0.6) is 0 Å². The van der Waals surface area contributed by atoms with Crippen LogP contribution in [0.2, 0.25) is 0 Å². The smallest absolute Gasteiger partial charge is 0.191 e. The Kier molecular flexibility index (Phi) is 11.2. The van der Waals surface area contributed by atoms with Gasteiger partial charge in [-0.05, 0) is 51.9 Å². The Bertz CT molecular complexity index is 609. The second-order valence-electron chi connectivity index (χ2n) is 8.24. The van der Waals surface area contributed by atoms with Gasteiger partial charge >= 0.3 is 0 Å². The van der Waals surface area contributed by atoms with Crippen LogP contribution in [0.15, 0.2) is 29.3 Å². The molecule has 2 rings (SSSR count). The third-order valence-corrected chi connectivity index (χ3v) is 6.02. The number of hydrogen-bond acceptors (Lipinski definition) is 4. The van der Waals surface area contributed by atoms with E-state index in [1.54, 1.807) is 0 Å². The van der Waals surface area contributed by atoms with Gasteiger partial charge in [-0.2, -0.15) is 0 Å². The lowest BCUT2D eigenvalue weighted by Gasteiger charge is -2.35. The van der Waals surface area contributed by atoms with Crippen molar-refractivity contribution in [1.82, 2.24) is 20.4 Å². The molecular formula is C24H43N5O. The van der Waals surface area contributed by atoms with E-state index in [1.807, 2.05) is 7.05 Å². The van der Waals surface area contributed by atoms with Crippen LogP contribution in [0.3, 0.4) is 0 Å². The molecule has 170 valence electrons. The van der Waals surface area contributed by atoms with E-state index in [0.29, 0.717) is 12.1 Å². The van der Waals surface area contributed by atoms with Crippen molar-refractivity contribution in [3.05, 3.63) is 35.4 Å². The highest BCUT2D eigenvalue weighted by Gasteiger charge is 2.23. The van der Waals surface area contributed by atoms with Gasteiger partial charge in [0.25, 0.3) is 0 Å². The Labute approximate surface area is 184 Å². The summed E-state index contributed by atoms with van der Waals surface area (Å²) < 4.78 is 5.57. The second-order valence-corrected chi connectivity index (χ2v) is 8.24. The van der Waals surface area contributed by atoms with Crippen molar-refractivity contribution >= 4 is 5.96 Å². The van der Waals surface area contributed by atoms with Gasteiger partial charge < -0.3 is 20.3 Å². The predicted octanol–water partition coefficient (Wildman–Crippen LogP) is 3.04. The van der Waals surface area contributed by atoms with Gasteiger partial charge in [0, 0.05) is 32.7 Å². The fourth-order valence-electron chi connectivity index (χ4n) is 3.99. The minimum atomic E-state index is 0.311. The van der Waals surface area contributed by atoms with Crippen LogP contribution in [-0.2, 0) is 4.74 Å². The molecule has 0 aliphatic carbocycles.